The molecule has 1 aliphatic heterocycles. The fourth-order valence-electron chi connectivity index (χ4n) is 3.20. The molecule has 1 aliphatic rings. The molecule has 0 aliphatic carbocycles. The van der Waals surface area contributed by atoms with Gasteiger partial charge in [0.25, 0.3) is 0 Å². The molecule has 1 aromatic rings. The molecule has 1 amide bonds. The zero-order valence-electron chi connectivity index (χ0n) is 16.1. The van der Waals surface area contributed by atoms with Crippen molar-refractivity contribution >= 4 is 12.1 Å². The van der Waals surface area contributed by atoms with Gasteiger partial charge in [-0.05, 0) is 38.7 Å². The van der Waals surface area contributed by atoms with Gasteiger partial charge in [-0.2, -0.15) is 0 Å². The summed E-state index contributed by atoms with van der Waals surface area (Å²) in [5.74, 6) is -0.436. The number of ether oxygens (including phenoxy) is 2. The molecule has 2 rings (SSSR count). The van der Waals surface area contributed by atoms with E-state index < -0.39 is 23.8 Å². The summed E-state index contributed by atoms with van der Waals surface area (Å²) in [4.78, 5) is 27.2. The van der Waals surface area contributed by atoms with Crippen molar-refractivity contribution in [2.75, 3.05) is 6.54 Å². The second-order valence-electron chi connectivity index (χ2n) is 7.61. The third-order valence-corrected chi connectivity index (χ3v) is 4.44. The van der Waals surface area contributed by atoms with Crippen LogP contribution in [0.1, 0.15) is 52.2 Å². The molecule has 5 nitrogen and oxygen atoms in total. The van der Waals surface area contributed by atoms with Gasteiger partial charge in [0, 0.05) is 0 Å². The van der Waals surface area contributed by atoms with E-state index in [0.717, 1.165) is 12.0 Å². The number of benzene rings is 1. The van der Waals surface area contributed by atoms with Crippen molar-refractivity contribution in [3.8, 4) is 0 Å². The standard InChI is InChI=1S/C21H29NO4/c1-6-11-15(7-2)18-19(23)25-17(16-12-9-8-10-13-16)14-22(18)20(24)26-21(3,4)5/h6,8-10,12-13,15,17-18H,1,7,11,14H2,2-5H3/t15-,17+,18+/m0/s1. The molecule has 1 saturated heterocycles. The Kier molecular flexibility index (Phi) is 6.46. The normalized spacial score (nSPS) is 21.7. The summed E-state index contributed by atoms with van der Waals surface area (Å²) >= 11 is 0. The Hall–Kier alpha value is -2.30. The van der Waals surface area contributed by atoms with Crippen molar-refractivity contribution in [1.29, 1.82) is 0 Å². The summed E-state index contributed by atoms with van der Waals surface area (Å²) in [7, 11) is 0. The van der Waals surface area contributed by atoms with Crippen LogP contribution in [-0.4, -0.2) is 35.2 Å². The molecule has 142 valence electrons. The van der Waals surface area contributed by atoms with Crippen LogP contribution >= 0.6 is 0 Å². The maximum Gasteiger partial charge on any atom is 0.411 e. The Morgan fingerprint density at radius 2 is 2.04 bits per heavy atom. The summed E-state index contributed by atoms with van der Waals surface area (Å²) < 4.78 is 11.3. The number of morpholine rings is 1. The second-order valence-corrected chi connectivity index (χ2v) is 7.61. The number of hydrogen-bond donors (Lipinski definition) is 0. The highest BCUT2D eigenvalue weighted by Gasteiger charge is 2.44. The Balaban J connectivity index is 2.33. The largest absolute Gasteiger partial charge is 0.454 e. The van der Waals surface area contributed by atoms with E-state index in [9.17, 15) is 9.59 Å². The highest BCUT2D eigenvalue weighted by Crippen LogP contribution is 2.32. The number of rotatable bonds is 5. The van der Waals surface area contributed by atoms with E-state index in [0.29, 0.717) is 6.42 Å². The Morgan fingerprint density at radius 1 is 1.38 bits per heavy atom. The van der Waals surface area contributed by atoms with E-state index in [4.69, 9.17) is 9.47 Å². The lowest BCUT2D eigenvalue weighted by molar-refractivity contribution is -0.169. The van der Waals surface area contributed by atoms with Crippen LogP contribution in [0.15, 0.2) is 43.0 Å². The molecule has 3 atom stereocenters. The molecule has 0 bridgehead atoms. The lowest BCUT2D eigenvalue weighted by Gasteiger charge is -2.41. The SMILES string of the molecule is C=CC[C@H](CC)[C@@H]1C(=O)O[C@@H](c2ccccc2)CN1C(=O)OC(C)(C)C. The van der Waals surface area contributed by atoms with Gasteiger partial charge in [-0.3, -0.25) is 4.90 Å². The van der Waals surface area contributed by atoms with Gasteiger partial charge in [-0.25, -0.2) is 9.59 Å². The monoisotopic (exact) mass is 359 g/mol. The molecule has 0 N–H and O–H groups in total. The quantitative estimate of drug-likeness (QED) is 0.574. The third-order valence-electron chi connectivity index (χ3n) is 4.44. The number of carbonyl (C=O) groups is 2. The van der Waals surface area contributed by atoms with Gasteiger partial charge in [-0.15, -0.1) is 6.58 Å². The lowest BCUT2D eigenvalue weighted by Crippen LogP contribution is -2.56. The third kappa shape index (κ3) is 4.87. The fourth-order valence-corrected chi connectivity index (χ4v) is 3.20. The predicted octanol–water partition coefficient (Wildman–Crippen LogP) is 4.49. The number of esters is 1. The van der Waals surface area contributed by atoms with Gasteiger partial charge in [0.05, 0.1) is 6.54 Å². The number of allylic oxidation sites excluding steroid dienone is 1. The molecule has 5 heteroatoms. The molecule has 0 aromatic heterocycles. The number of hydrogen-bond acceptors (Lipinski definition) is 4. The minimum absolute atomic E-state index is 0.0516. The minimum Gasteiger partial charge on any atom is -0.454 e. The van der Waals surface area contributed by atoms with E-state index in [1.165, 1.54) is 4.90 Å². The average Bonchev–Trinajstić information content (AvgIpc) is 2.58. The van der Waals surface area contributed by atoms with Crippen molar-refractivity contribution in [3.63, 3.8) is 0 Å². The molecule has 0 spiro atoms. The summed E-state index contributed by atoms with van der Waals surface area (Å²) in [5.41, 5.74) is 0.232. The van der Waals surface area contributed by atoms with Crippen LogP contribution in [0.2, 0.25) is 0 Å². The number of amides is 1. The highest BCUT2D eigenvalue weighted by atomic mass is 16.6. The van der Waals surface area contributed by atoms with E-state index in [2.05, 4.69) is 6.58 Å². The molecular formula is C21H29NO4. The second kappa shape index (κ2) is 8.39. The number of carbonyl (C=O) groups excluding carboxylic acids is 2. The number of cyclic esters (lactones) is 1. The van der Waals surface area contributed by atoms with E-state index in [1.54, 1.807) is 6.08 Å². The Morgan fingerprint density at radius 3 is 2.58 bits per heavy atom. The zero-order valence-corrected chi connectivity index (χ0v) is 16.1. The number of nitrogens with zero attached hydrogens (tertiary/aromatic N) is 1. The van der Waals surface area contributed by atoms with E-state index >= 15 is 0 Å². The summed E-state index contributed by atoms with van der Waals surface area (Å²) in [6.07, 6.45) is 2.17. The van der Waals surface area contributed by atoms with Crippen LogP contribution in [0.3, 0.4) is 0 Å². The predicted molar refractivity (Wildman–Crippen MR) is 101 cm³/mol. The molecular weight excluding hydrogens is 330 g/mol. The van der Waals surface area contributed by atoms with Crippen molar-refractivity contribution in [2.24, 2.45) is 5.92 Å². The van der Waals surface area contributed by atoms with Crippen molar-refractivity contribution in [2.45, 2.75) is 58.3 Å². The van der Waals surface area contributed by atoms with Crippen molar-refractivity contribution in [3.05, 3.63) is 48.6 Å². The van der Waals surface area contributed by atoms with Crippen molar-refractivity contribution < 1.29 is 19.1 Å². The van der Waals surface area contributed by atoms with Gasteiger partial charge >= 0.3 is 12.1 Å². The summed E-state index contributed by atoms with van der Waals surface area (Å²) in [5, 5.41) is 0. The Bertz CT molecular complexity index is 635. The van der Waals surface area contributed by atoms with Crippen LogP contribution in [0.5, 0.6) is 0 Å². The molecule has 0 saturated carbocycles. The molecule has 0 radical (unpaired) electrons. The van der Waals surface area contributed by atoms with E-state index in [-0.39, 0.29) is 18.4 Å². The molecule has 1 aromatic carbocycles. The topological polar surface area (TPSA) is 55.8 Å². The Labute approximate surface area is 156 Å². The van der Waals surface area contributed by atoms with Crippen LogP contribution in [0, 0.1) is 5.92 Å². The lowest BCUT2D eigenvalue weighted by atomic mass is 9.90. The van der Waals surface area contributed by atoms with Gasteiger partial charge < -0.3 is 9.47 Å². The molecule has 1 fully saturated rings. The van der Waals surface area contributed by atoms with Gasteiger partial charge in [-0.1, -0.05) is 49.8 Å². The van der Waals surface area contributed by atoms with Crippen LogP contribution in [-0.2, 0) is 14.3 Å². The smallest absolute Gasteiger partial charge is 0.411 e. The van der Waals surface area contributed by atoms with Gasteiger partial charge in [0.15, 0.2) is 0 Å². The van der Waals surface area contributed by atoms with Crippen LogP contribution in [0.4, 0.5) is 4.79 Å². The van der Waals surface area contributed by atoms with Crippen molar-refractivity contribution in [1.82, 2.24) is 4.90 Å². The minimum atomic E-state index is -0.659. The van der Waals surface area contributed by atoms with Gasteiger partial charge in [0.1, 0.15) is 17.7 Å². The first-order valence-corrected chi connectivity index (χ1v) is 9.12. The van der Waals surface area contributed by atoms with Gasteiger partial charge in [0.2, 0.25) is 0 Å². The summed E-state index contributed by atoms with van der Waals surface area (Å²) in [6, 6.07) is 8.81. The first-order chi connectivity index (χ1) is 12.3. The first-order valence-electron chi connectivity index (χ1n) is 9.12. The van der Waals surface area contributed by atoms with Crippen LogP contribution in [0.25, 0.3) is 0 Å². The molecule has 0 unspecified atom stereocenters. The molecule has 26 heavy (non-hydrogen) atoms. The maximum atomic E-state index is 12.8. The maximum absolute atomic E-state index is 12.8. The highest BCUT2D eigenvalue weighted by molar-refractivity contribution is 5.83. The zero-order chi connectivity index (χ0) is 19.3. The average molecular weight is 359 g/mol. The van der Waals surface area contributed by atoms with E-state index in [1.807, 2.05) is 58.0 Å². The van der Waals surface area contributed by atoms with Crippen LogP contribution < -0.4 is 0 Å². The first kappa shape index (κ1) is 20.0. The fraction of sp³-hybridized carbons (Fsp3) is 0.524. The summed E-state index contributed by atoms with van der Waals surface area (Å²) in [6.45, 7) is 11.5. The molecule has 1 heterocycles.